The van der Waals surface area contributed by atoms with Crippen molar-refractivity contribution in [3.05, 3.63) is 78.1 Å². The molecule has 7 heteroatoms. The Balaban J connectivity index is 1.51. The minimum atomic E-state index is -0.618. The van der Waals surface area contributed by atoms with Crippen LogP contribution in [0.3, 0.4) is 0 Å². The van der Waals surface area contributed by atoms with Gasteiger partial charge in [0.2, 0.25) is 11.8 Å². The fraction of sp³-hybridized carbons (Fsp3) is 0.348. The van der Waals surface area contributed by atoms with Crippen LogP contribution >= 0.6 is 0 Å². The van der Waals surface area contributed by atoms with Gasteiger partial charge in [-0.15, -0.1) is 0 Å². The van der Waals surface area contributed by atoms with E-state index in [2.05, 4.69) is 15.6 Å². The van der Waals surface area contributed by atoms with Gasteiger partial charge in [0.25, 0.3) is 0 Å². The Hall–Kier alpha value is -3.03. The van der Waals surface area contributed by atoms with Crippen molar-refractivity contribution in [2.45, 2.75) is 44.1 Å². The summed E-state index contributed by atoms with van der Waals surface area (Å²) in [5.74, 6) is -0.353. The zero-order valence-electron chi connectivity index (χ0n) is 16.9. The Labute approximate surface area is 176 Å². The number of pyridine rings is 1. The first-order chi connectivity index (χ1) is 14.5. The van der Waals surface area contributed by atoms with E-state index in [4.69, 9.17) is 4.74 Å². The summed E-state index contributed by atoms with van der Waals surface area (Å²) in [4.78, 5) is 28.8. The van der Waals surface area contributed by atoms with Gasteiger partial charge in [-0.2, -0.15) is 0 Å². The number of carbonyl (C=O) groups is 2. The summed E-state index contributed by atoms with van der Waals surface area (Å²) in [6, 6.07) is 14.5. The second kappa shape index (κ2) is 10.7. The molecule has 2 aromatic rings. The molecule has 2 amide bonds. The monoisotopic (exact) mass is 409 g/mol. The third-order valence-electron chi connectivity index (χ3n) is 4.92. The highest BCUT2D eigenvalue weighted by atomic mass is 16.5. The number of aliphatic hydroxyl groups is 1. The van der Waals surface area contributed by atoms with Crippen LogP contribution in [-0.4, -0.2) is 46.8 Å². The molecule has 3 N–H and O–H groups in total. The van der Waals surface area contributed by atoms with Gasteiger partial charge in [0.1, 0.15) is 6.10 Å². The number of ether oxygens (including phenoxy) is 1. The molecule has 0 spiro atoms. The fourth-order valence-electron chi connectivity index (χ4n) is 3.35. The van der Waals surface area contributed by atoms with Gasteiger partial charge in [0.05, 0.1) is 37.6 Å². The topological polar surface area (TPSA) is 101 Å². The molecule has 7 nitrogen and oxygen atoms in total. The van der Waals surface area contributed by atoms with Crippen molar-refractivity contribution in [2.75, 3.05) is 6.61 Å². The fourth-order valence-corrected chi connectivity index (χ4v) is 3.35. The molecule has 0 fully saturated rings. The predicted molar refractivity (Wildman–Crippen MR) is 112 cm³/mol. The Kier molecular flexibility index (Phi) is 7.70. The molecule has 30 heavy (non-hydrogen) atoms. The highest BCUT2D eigenvalue weighted by molar-refractivity contribution is 5.79. The zero-order chi connectivity index (χ0) is 21.3. The average Bonchev–Trinajstić information content (AvgIpc) is 2.76. The van der Waals surface area contributed by atoms with Crippen LogP contribution in [0.4, 0.5) is 0 Å². The lowest BCUT2D eigenvalue weighted by atomic mass is 10.0. The lowest BCUT2D eigenvalue weighted by Gasteiger charge is -2.31. The van der Waals surface area contributed by atoms with Gasteiger partial charge in [0, 0.05) is 11.9 Å². The van der Waals surface area contributed by atoms with Gasteiger partial charge in [-0.3, -0.25) is 14.6 Å². The van der Waals surface area contributed by atoms with Crippen molar-refractivity contribution in [3.63, 3.8) is 0 Å². The zero-order valence-corrected chi connectivity index (χ0v) is 16.9. The molecule has 1 aromatic heterocycles. The summed E-state index contributed by atoms with van der Waals surface area (Å²) in [5, 5.41) is 15.5. The number of aliphatic hydroxyl groups excluding tert-OH is 1. The van der Waals surface area contributed by atoms with E-state index < -0.39 is 18.2 Å². The molecular weight excluding hydrogens is 382 g/mol. The molecule has 0 unspecified atom stereocenters. The Morgan fingerprint density at radius 2 is 1.87 bits per heavy atom. The van der Waals surface area contributed by atoms with Crippen LogP contribution in [0, 0.1) is 0 Å². The molecule has 1 aliphatic rings. The van der Waals surface area contributed by atoms with E-state index >= 15 is 0 Å². The Morgan fingerprint density at radius 1 is 1.10 bits per heavy atom. The predicted octanol–water partition coefficient (Wildman–Crippen LogP) is 1.69. The summed E-state index contributed by atoms with van der Waals surface area (Å²) >= 11 is 0. The van der Waals surface area contributed by atoms with Crippen LogP contribution in [-0.2, 0) is 20.7 Å². The van der Waals surface area contributed by atoms with Crippen LogP contribution in [0.5, 0.6) is 0 Å². The number of hydrogen-bond donors (Lipinski definition) is 3. The Bertz CT molecular complexity index is 857. The van der Waals surface area contributed by atoms with E-state index in [0.717, 1.165) is 5.56 Å². The number of amides is 2. The number of nitrogens with zero attached hydrogens (tertiary/aromatic N) is 1. The molecule has 158 valence electrons. The van der Waals surface area contributed by atoms with E-state index in [1.807, 2.05) is 43.3 Å². The molecule has 0 saturated carbocycles. The normalized spacial score (nSPS) is 21.6. The number of benzene rings is 1. The lowest BCUT2D eigenvalue weighted by Crippen LogP contribution is -2.49. The first-order valence-corrected chi connectivity index (χ1v) is 10.0. The smallest absolute Gasteiger partial charge is 0.226 e. The van der Waals surface area contributed by atoms with Crippen molar-refractivity contribution >= 4 is 11.8 Å². The van der Waals surface area contributed by atoms with Crippen molar-refractivity contribution in [2.24, 2.45) is 0 Å². The molecule has 1 aliphatic heterocycles. The van der Waals surface area contributed by atoms with E-state index in [9.17, 15) is 14.7 Å². The molecule has 0 saturated heterocycles. The van der Waals surface area contributed by atoms with Crippen LogP contribution < -0.4 is 10.6 Å². The van der Waals surface area contributed by atoms with E-state index in [1.165, 1.54) is 0 Å². The van der Waals surface area contributed by atoms with Gasteiger partial charge >= 0.3 is 0 Å². The number of nitrogens with one attached hydrogen (secondary N) is 2. The second-order valence-electron chi connectivity index (χ2n) is 7.28. The first-order valence-electron chi connectivity index (χ1n) is 10.0. The van der Waals surface area contributed by atoms with Gasteiger partial charge in [-0.25, -0.2) is 0 Å². The summed E-state index contributed by atoms with van der Waals surface area (Å²) in [6.07, 6.45) is 4.37. The quantitative estimate of drug-likeness (QED) is 0.576. The average molecular weight is 409 g/mol. The molecule has 2 heterocycles. The van der Waals surface area contributed by atoms with Crippen LogP contribution in [0.15, 0.2) is 66.9 Å². The highest BCUT2D eigenvalue weighted by Gasteiger charge is 2.29. The highest BCUT2D eigenvalue weighted by Crippen LogP contribution is 2.17. The van der Waals surface area contributed by atoms with Gasteiger partial charge < -0.3 is 20.5 Å². The molecule has 1 aromatic carbocycles. The number of carbonyl (C=O) groups excluding carboxylic acids is 2. The third-order valence-corrected chi connectivity index (χ3v) is 4.92. The third kappa shape index (κ3) is 6.23. The van der Waals surface area contributed by atoms with Crippen molar-refractivity contribution in [1.29, 1.82) is 0 Å². The minimum Gasteiger partial charge on any atom is -0.394 e. The molecule has 4 atom stereocenters. The van der Waals surface area contributed by atoms with Crippen molar-refractivity contribution in [3.8, 4) is 0 Å². The van der Waals surface area contributed by atoms with Crippen molar-refractivity contribution < 1.29 is 19.4 Å². The minimum absolute atomic E-state index is 0.112. The molecule has 0 bridgehead atoms. The van der Waals surface area contributed by atoms with E-state index in [1.54, 1.807) is 30.5 Å². The van der Waals surface area contributed by atoms with Crippen LogP contribution in [0.1, 0.15) is 30.6 Å². The standard InChI is InChI=1S/C23H27N3O4/c1-16(17-7-3-2-4-8-17)25-23(29)14-19-10-11-20(21(15-27)30-19)26-22(28)13-18-9-5-6-12-24-18/h2-12,16,19-21,27H,13-15H2,1H3,(H,25,29)(H,26,28)/t16-,19-,20-,21-/m1/s1. The molecular formula is C23H27N3O4. The largest absolute Gasteiger partial charge is 0.394 e. The Morgan fingerprint density at radius 3 is 2.57 bits per heavy atom. The number of rotatable bonds is 8. The number of hydrogen-bond acceptors (Lipinski definition) is 5. The second-order valence-corrected chi connectivity index (χ2v) is 7.28. The maximum atomic E-state index is 12.4. The van der Waals surface area contributed by atoms with Crippen molar-refractivity contribution in [1.82, 2.24) is 15.6 Å². The summed E-state index contributed by atoms with van der Waals surface area (Å²) in [6.45, 7) is 1.66. The summed E-state index contributed by atoms with van der Waals surface area (Å²) in [7, 11) is 0. The molecule has 0 radical (unpaired) electrons. The first kappa shape index (κ1) is 21.7. The van der Waals surface area contributed by atoms with Gasteiger partial charge in [-0.1, -0.05) is 48.6 Å². The summed E-state index contributed by atoms with van der Waals surface area (Å²) in [5.41, 5.74) is 1.69. The van der Waals surface area contributed by atoms with E-state index in [0.29, 0.717) is 5.69 Å². The number of aromatic nitrogens is 1. The van der Waals surface area contributed by atoms with Gasteiger partial charge in [0.15, 0.2) is 0 Å². The van der Waals surface area contributed by atoms with Crippen LogP contribution in [0.25, 0.3) is 0 Å². The van der Waals surface area contributed by atoms with Gasteiger partial charge in [-0.05, 0) is 24.6 Å². The van der Waals surface area contributed by atoms with Crippen LogP contribution in [0.2, 0.25) is 0 Å². The maximum Gasteiger partial charge on any atom is 0.226 e. The van der Waals surface area contributed by atoms with E-state index in [-0.39, 0.29) is 37.3 Å². The maximum absolute atomic E-state index is 12.4. The lowest BCUT2D eigenvalue weighted by molar-refractivity contribution is -0.128. The SMILES string of the molecule is C[C@@H](NC(=O)C[C@H]1C=C[C@@H](NC(=O)Cc2ccccn2)[C@@H](CO)O1)c1ccccc1. The molecule has 0 aliphatic carbocycles. The summed E-state index contributed by atoms with van der Waals surface area (Å²) < 4.78 is 5.83. The molecule has 3 rings (SSSR count).